The van der Waals surface area contributed by atoms with E-state index in [9.17, 15) is 9.90 Å². The van der Waals surface area contributed by atoms with Crippen LogP contribution in [0.25, 0.3) is 0 Å². The SMILES string of the molecule is CC1CC1c1ccc(CN2CCCCCC2C(=O)O)o1. The predicted molar refractivity (Wildman–Crippen MR) is 75.5 cm³/mol. The summed E-state index contributed by atoms with van der Waals surface area (Å²) in [5.41, 5.74) is 0. The van der Waals surface area contributed by atoms with Gasteiger partial charge < -0.3 is 9.52 Å². The van der Waals surface area contributed by atoms with Gasteiger partial charge in [-0.05, 0) is 43.9 Å². The molecule has 0 spiro atoms. The number of likely N-dealkylation sites (tertiary alicyclic amines) is 1. The molecule has 4 heteroatoms. The Morgan fingerprint density at radius 2 is 2.20 bits per heavy atom. The maximum Gasteiger partial charge on any atom is 0.320 e. The van der Waals surface area contributed by atoms with Crippen molar-refractivity contribution >= 4 is 5.97 Å². The Kier molecular flexibility index (Phi) is 3.83. The first-order valence-electron chi connectivity index (χ1n) is 7.70. The van der Waals surface area contributed by atoms with E-state index in [1.54, 1.807) is 0 Å². The van der Waals surface area contributed by atoms with Crippen molar-refractivity contribution in [3.63, 3.8) is 0 Å². The van der Waals surface area contributed by atoms with Crippen molar-refractivity contribution in [2.75, 3.05) is 6.54 Å². The average molecular weight is 277 g/mol. The Bertz CT molecular complexity index is 482. The van der Waals surface area contributed by atoms with Crippen LogP contribution in [0.3, 0.4) is 0 Å². The molecule has 1 aliphatic carbocycles. The lowest BCUT2D eigenvalue weighted by Crippen LogP contribution is -2.40. The van der Waals surface area contributed by atoms with Gasteiger partial charge in [0, 0.05) is 5.92 Å². The van der Waals surface area contributed by atoms with Crippen LogP contribution in [0.4, 0.5) is 0 Å². The van der Waals surface area contributed by atoms with E-state index in [-0.39, 0.29) is 6.04 Å². The molecule has 1 saturated heterocycles. The molecule has 3 unspecified atom stereocenters. The van der Waals surface area contributed by atoms with E-state index in [2.05, 4.69) is 17.9 Å². The molecule has 1 aromatic heterocycles. The van der Waals surface area contributed by atoms with Crippen LogP contribution in [-0.2, 0) is 11.3 Å². The average Bonchev–Trinajstić information content (AvgIpc) is 3.03. The van der Waals surface area contributed by atoms with E-state index in [1.807, 2.05) is 6.07 Å². The van der Waals surface area contributed by atoms with Crippen LogP contribution < -0.4 is 0 Å². The second-order valence-electron chi connectivity index (χ2n) is 6.30. The molecule has 110 valence electrons. The molecule has 20 heavy (non-hydrogen) atoms. The highest BCUT2D eigenvalue weighted by molar-refractivity contribution is 5.73. The van der Waals surface area contributed by atoms with Gasteiger partial charge in [-0.1, -0.05) is 19.8 Å². The zero-order valence-corrected chi connectivity index (χ0v) is 12.0. The first-order chi connectivity index (χ1) is 9.65. The smallest absolute Gasteiger partial charge is 0.320 e. The Morgan fingerprint density at radius 1 is 1.40 bits per heavy atom. The Balaban J connectivity index is 1.67. The highest BCUT2D eigenvalue weighted by Gasteiger charge is 2.37. The van der Waals surface area contributed by atoms with Crippen molar-refractivity contribution in [2.45, 2.75) is 57.5 Å². The number of hydrogen-bond donors (Lipinski definition) is 1. The fraction of sp³-hybridized carbons (Fsp3) is 0.688. The second kappa shape index (κ2) is 5.60. The lowest BCUT2D eigenvalue weighted by molar-refractivity contribution is -0.143. The number of aliphatic carboxylic acids is 1. The molecule has 1 N–H and O–H groups in total. The molecule has 1 aromatic rings. The molecule has 0 aromatic carbocycles. The monoisotopic (exact) mass is 277 g/mol. The van der Waals surface area contributed by atoms with Crippen LogP contribution in [0.1, 0.15) is 56.5 Å². The summed E-state index contributed by atoms with van der Waals surface area (Å²) < 4.78 is 5.92. The van der Waals surface area contributed by atoms with Gasteiger partial charge in [-0.2, -0.15) is 0 Å². The maximum absolute atomic E-state index is 11.4. The third kappa shape index (κ3) is 2.90. The normalized spacial score (nSPS) is 30.9. The molecule has 3 rings (SSSR count). The van der Waals surface area contributed by atoms with Gasteiger partial charge in [-0.25, -0.2) is 0 Å². The number of carboxylic acids is 1. The molecular formula is C16H23NO3. The van der Waals surface area contributed by atoms with E-state index in [4.69, 9.17) is 4.42 Å². The van der Waals surface area contributed by atoms with Crippen LogP contribution >= 0.6 is 0 Å². The van der Waals surface area contributed by atoms with Crippen LogP contribution in [0, 0.1) is 5.92 Å². The van der Waals surface area contributed by atoms with Crippen LogP contribution in [0.5, 0.6) is 0 Å². The van der Waals surface area contributed by atoms with Crippen LogP contribution in [0.2, 0.25) is 0 Å². The van der Waals surface area contributed by atoms with E-state index < -0.39 is 5.97 Å². The van der Waals surface area contributed by atoms with Gasteiger partial charge in [-0.15, -0.1) is 0 Å². The standard InChI is InChI=1S/C16H23NO3/c1-11-9-13(11)15-7-6-12(20-15)10-17-8-4-2-3-5-14(17)16(18)19/h6-7,11,13-14H,2-5,8-10H2,1H3,(H,18,19). The minimum Gasteiger partial charge on any atom is -0.480 e. The third-order valence-electron chi connectivity index (χ3n) is 4.67. The molecule has 3 atom stereocenters. The molecule has 4 nitrogen and oxygen atoms in total. The Morgan fingerprint density at radius 3 is 2.90 bits per heavy atom. The molecule has 0 bridgehead atoms. The van der Waals surface area contributed by atoms with Gasteiger partial charge in [-0.3, -0.25) is 9.69 Å². The van der Waals surface area contributed by atoms with Crippen molar-refractivity contribution in [3.05, 3.63) is 23.7 Å². The first-order valence-corrected chi connectivity index (χ1v) is 7.70. The summed E-state index contributed by atoms with van der Waals surface area (Å²) in [5.74, 6) is 2.61. The zero-order chi connectivity index (χ0) is 14.1. The van der Waals surface area contributed by atoms with Gasteiger partial charge >= 0.3 is 5.97 Å². The van der Waals surface area contributed by atoms with Gasteiger partial charge in [0.2, 0.25) is 0 Å². The number of furan rings is 1. The minimum atomic E-state index is -0.700. The van der Waals surface area contributed by atoms with Crippen LogP contribution in [-0.4, -0.2) is 28.6 Å². The summed E-state index contributed by atoms with van der Waals surface area (Å²) in [7, 11) is 0. The largest absolute Gasteiger partial charge is 0.480 e. The predicted octanol–water partition coefficient (Wildman–Crippen LogP) is 3.23. The Hall–Kier alpha value is -1.29. The van der Waals surface area contributed by atoms with Gasteiger partial charge in [0.25, 0.3) is 0 Å². The van der Waals surface area contributed by atoms with E-state index in [1.165, 1.54) is 6.42 Å². The second-order valence-corrected chi connectivity index (χ2v) is 6.30. The summed E-state index contributed by atoms with van der Waals surface area (Å²) in [6, 6.07) is 3.73. The number of carbonyl (C=O) groups is 1. The highest BCUT2D eigenvalue weighted by atomic mass is 16.4. The minimum absolute atomic E-state index is 0.356. The lowest BCUT2D eigenvalue weighted by Gasteiger charge is -2.25. The Labute approximate surface area is 119 Å². The van der Waals surface area contributed by atoms with Gasteiger partial charge in [0.15, 0.2) is 0 Å². The quantitative estimate of drug-likeness (QED) is 0.918. The van der Waals surface area contributed by atoms with E-state index >= 15 is 0 Å². The molecule has 1 saturated carbocycles. The number of rotatable bonds is 4. The summed E-state index contributed by atoms with van der Waals surface area (Å²) >= 11 is 0. The van der Waals surface area contributed by atoms with E-state index in [0.29, 0.717) is 12.5 Å². The topological polar surface area (TPSA) is 53.7 Å². The van der Waals surface area contributed by atoms with Crippen LogP contribution in [0.15, 0.2) is 16.5 Å². The lowest BCUT2D eigenvalue weighted by atomic mass is 10.1. The van der Waals surface area contributed by atoms with Crippen molar-refractivity contribution < 1.29 is 14.3 Å². The fourth-order valence-corrected chi connectivity index (χ4v) is 3.23. The molecule has 0 radical (unpaired) electrons. The van der Waals surface area contributed by atoms with Gasteiger partial charge in [0.1, 0.15) is 17.6 Å². The summed E-state index contributed by atoms with van der Waals surface area (Å²) in [6.07, 6.45) is 5.19. The van der Waals surface area contributed by atoms with Gasteiger partial charge in [0.05, 0.1) is 6.54 Å². The first kappa shape index (κ1) is 13.7. The zero-order valence-electron chi connectivity index (χ0n) is 12.0. The molecule has 0 amide bonds. The third-order valence-corrected chi connectivity index (χ3v) is 4.67. The molecule has 2 fully saturated rings. The highest BCUT2D eigenvalue weighted by Crippen LogP contribution is 2.47. The molecule has 2 heterocycles. The van der Waals surface area contributed by atoms with Crippen molar-refractivity contribution in [3.8, 4) is 0 Å². The van der Waals surface area contributed by atoms with Crippen molar-refractivity contribution in [1.82, 2.24) is 4.90 Å². The number of hydrogen-bond acceptors (Lipinski definition) is 3. The van der Waals surface area contributed by atoms with Crippen molar-refractivity contribution in [2.24, 2.45) is 5.92 Å². The summed E-state index contributed by atoms with van der Waals surface area (Å²) in [4.78, 5) is 13.5. The number of carboxylic acid groups (broad SMARTS) is 1. The molecule has 1 aliphatic heterocycles. The fourth-order valence-electron chi connectivity index (χ4n) is 3.23. The molecular weight excluding hydrogens is 254 g/mol. The summed E-state index contributed by atoms with van der Waals surface area (Å²) in [6.45, 7) is 3.72. The van der Waals surface area contributed by atoms with Crippen molar-refractivity contribution in [1.29, 1.82) is 0 Å². The maximum atomic E-state index is 11.4. The van der Waals surface area contributed by atoms with E-state index in [0.717, 1.165) is 49.7 Å². The molecule has 2 aliphatic rings. The summed E-state index contributed by atoms with van der Waals surface area (Å²) in [5, 5.41) is 9.38. The number of nitrogens with zero attached hydrogens (tertiary/aromatic N) is 1.